The SMILES string of the molecule is COc1cccc(CN2CCN(c3ccc([N+](=O)[O-])cc3)CC2)c1. The summed E-state index contributed by atoms with van der Waals surface area (Å²) in [4.78, 5) is 15.0. The van der Waals surface area contributed by atoms with Crippen LogP contribution in [0, 0.1) is 10.1 Å². The molecule has 1 aliphatic heterocycles. The van der Waals surface area contributed by atoms with Gasteiger partial charge in [0.2, 0.25) is 0 Å². The lowest BCUT2D eigenvalue weighted by Crippen LogP contribution is -2.45. The fourth-order valence-electron chi connectivity index (χ4n) is 2.98. The summed E-state index contributed by atoms with van der Waals surface area (Å²) in [5.74, 6) is 0.886. The molecule has 24 heavy (non-hydrogen) atoms. The predicted octanol–water partition coefficient (Wildman–Crippen LogP) is 2.93. The summed E-state index contributed by atoms with van der Waals surface area (Å²) in [6.45, 7) is 4.68. The van der Waals surface area contributed by atoms with Crippen molar-refractivity contribution < 1.29 is 9.66 Å². The van der Waals surface area contributed by atoms with Gasteiger partial charge in [-0.3, -0.25) is 15.0 Å². The Labute approximate surface area is 141 Å². The second-order valence-corrected chi connectivity index (χ2v) is 5.89. The smallest absolute Gasteiger partial charge is 0.269 e. The largest absolute Gasteiger partial charge is 0.497 e. The van der Waals surface area contributed by atoms with E-state index < -0.39 is 0 Å². The molecular weight excluding hydrogens is 306 g/mol. The summed E-state index contributed by atoms with van der Waals surface area (Å²) in [6, 6.07) is 15.0. The van der Waals surface area contributed by atoms with Gasteiger partial charge in [0.15, 0.2) is 0 Å². The zero-order valence-corrected chi connectivity index (χ0v) is 13.7. The molecule has 0 aliphatic carbocycles. The standard InChI is InChI=1S/C18H21N3O3/c1-24-18-4-2-3-15(13-18)14-19-9-11-20(12-10-19)16-5-7-17(8-6-16)21(22)23/h2-8,13H,9-12,14H2,1H3. The number of methoxy groups -OCH3 is 1. The first-order valence-electron chi connectivity index (χ1n) is 8.00. The normalized spacial score (nSPS) is 15.3. The van der Waals surface area contributed by atoms with Crippen LogP contribution >= 0.6 is 0 Å². The second kappa shape index (κ2) is 7.31. The number of ether oxygens (including phenoxy) is 1. The molecule has 1 fully saturated rings. The molecule has 0 N–H and O–H groups in total. The zero-order chi connectivity index (χ0) is 16.9. The van der Waals surface area contributed by atoms with Crippen LogP contribution in [0.5, 0.6) is 5.75 Å². The molecule has 2 aromatic rings. The van der Waals surface area contributed by atoms with Crippen LogP contribution in [-0.2, 0) is 6.54 Å². The number of nitro groups is 1. The van der Waals surface area contributed by atoms with Crippen LogP contribution in [0.15, 0.2) is 48.5 Å². The van der Waals surface area contributed by atoms with Gasteiger partial charge in [0.25, 0.3) is 5.69 Å². The van der Waals surface area contributed by atoms with E-state index in [4.69, 9.17) is 4.74 Å². The highest BCUT2D eigenvalue weighted by Crippen LogP contribution is 2.21. The van der Waals surface area contributed by atoms with Gasteiger partial charge in [0, 0.05) is 50.5 Å². The van der Waals surface area contributed by atoms with Gasteiger partial charge >= 0.3 is 0 Å². The Morgan fingerprint density at radius 1 is 1.08 bits per heavy atom. The third-order valence-electron chi connectivity index (χ3n) is 4.34. The van der Waals surface area contributed by atoms with Gasteiger partial charge < -0.3 is 9.64 Å². The Hall–Kier alpha value is -2.60. The average molecular weight is 327 g/mol. The summed E-state index contributed by atoms with van der Waals surface area (Å²) in [5.41, 5.74) is 2.43. The number of rotatable bonds is 5. The third-order valence-corrected chi connectivity index (χ3v) is 4.34. The molecule has 126 valence electrons. The Bertz CT molecular complexity index is 695. The van der Waals surface area contributed by atoms with E-state index in [1.54, 1.807) is 19.2 Å². The van der Waals surface area contributed by atoms with E-state index in [1.165, 1.54) is 5.56 Å². The first-order chi connectivity index (χ1) is 11.7. The van der Waals surface area contributed by atoms with Crippen LogP contribution < -0.4 is 9.64 Å². The minimum Gasteiger partial charge on any atom is -0.497 e. The molecule has 3 rings (SSSR count). The van der Waals surface area contributed by atoms with E-state index in [1.807, 2.05) is 24.3 Å². The van der Waals surface area contributed by atoms with Crippen LogP contribution in [0.4, 0.5) is 11.4 Å². The molecule has 6 heteroatoms. The Morgan fingerprint density at radius 2 is 1.79 bits per heavy atom. The number of nitro benzene ring substituents is 1. The Balaban J connectivity index is 1.56. The van der Waals surface area contributed by atoms with E-state index in [0.29, 0.717) is 0 Å². The molecular formula is C18H21N3O3. The van der Waals surface area contributed by atoms with Crippen LogP contribution in [0.3, 0.4) is 0 Å². The maximum atomic E-state index is 10.7. The van der Waals surface area contributed by atoms with Crippen molar-refractivity contribution in [1.82, 2.24) is 4.90 Å². The average Bonchev–Trinajstić information content (AvgIpc) is 2.62. The van der Waals surface area contributed by atoms with Crippen molar-refractivity contribution in [2.75, 3.05) is 38.2 Å². The van der Waals surface area contributed by atoms with Gasteiger partial charge in [0.1, 0.15) is 5.75 Å². The van der Waals surface area contributed by atoms with Gasteiger partial charge in [-0.15, -0.1) is 0 Å². The van der Waals surface area contributed by atoms with Crippen LogP contribution in [0.25, 0.3) is 0 Å². The second-order valence-electron chi connectivity index (χ2n) is 5.89. The highest BCUT2D eigenvalue weighted by Gasteiger charge is 2.18. The summed E-state index contributed by atoms with van der Waals surface area (Å²) in [5, 5.41) is 10.7. The summed E-state index contributed by atoms with van der Waals surface area (Å²) < 4.78 is 5.27. The van der Waals surface area contributed by atoms with Crippen molar-refractivity contribution >= 4 is 11.4 Å². The van der Waals surface area contributed by atoms with E-state index in [9.17, 15) is 10.1 Å². The summed E-state index contributed by atoms with van der Waals surface area (Å²) >= 11 is 0. The number of anilines is 1. The number of hydrogen-bond acceptors (Lipinski definition) is 5. The highest BCUT2D eigenvalue weighted by atomic mass is 16.6. The number of piperazine rings is 1. The maximum Gasteiger partial charge on any atom is 0.269 e. The van der Waals surface area contributed by atoms with E-state index in [-0.39, 0.29) is 10.6 Å². The number of non-ortho nitro benzene ring substituents is 1. The van der Waals surface area contributed by atoms with Gasteiger partial charge in [-0.05, 0) is 29.8 Å². The molecule has 0 spiro atoms. The first kappa shape index (κ1) is 16.3. The van der Waals surface area contributed by atoms with Crippen molar-refractivity contribution in [2.24, 2.45) is 0 Å². The molecule has 0 bridgehead atoms. The van der Waals surface area contributed by atoms with Crippen molar-refractivity contribution in [3.05, 3.63) is 64.2 Å². The van der Waals surface area contributed by atoms with Crippen LogP contribution in [0.2, 0.25) is 0 Å². The lowest BCUT2D eigenvalue weighted by atomic mass is 10.1. The molecule has 0 atom stereocenters. The molecule has 6 nitrogen and oxygen atoms in total. The monoisotopic (exact) mass is 327 g/mol. The van der Waals surface area contributed by atoms with E-state index in [0.717, 1.165) is 44.2 Å². The van der Waals surface area contributed by atoms with Crippen molar-refractivity contribution in [1.29, 1.82) is 0 Å². The predicted molar refractivity (Wildman–Crippen MR) is 93.6 cm³/mol. The molecule has 1 aliphatic rings. The molecule has 0 saturated carbocycles. The molecule has 0 amide bonds. The maximum absolute atomic E-state index is 10.7. The fourth-order valence-corrected chi connectivity index (χ4v) is 2.98. The molecule has 0 unspecified atom stereocenters. The van der Waals surface area contributed by atoms with Crippen LogP contribution in [-0.4, -0.2) is 43.1 Å². The van der Waals surface area contributed by atoms with Gasteiger partial charge in [-0.25, -0.2) is 0 Å². The minimum absolute atomic E-state index is 0.135. The molecule has 1 heterocycles. The van der Waals surface area contributed by atoms with Crippen molar-refractivity contribution in [3.8, 4) is 5.75 Å². The van der Waals surface area contributed by atoms with E-state index in [2.05, 4.69) is 21.9 Å². The zero-order valence-electron chi connectivity index (χ0n) is 13.7. The number of benzene rings is 2. The molecule has 1 saturated heterocycles. The fraction of sp³-hybridized carbons (Fsp3) is 0.333. The number of hydrogen-bond donors (Lipinski definition) is 0. The minimum atomic E-state index is -0.365. The molecule has 0 radical (unpaired) electrons. The Morgan fingerprint density at radius 3 is 2.42 bits per heavy atom. The lowest BCUT2D eigenvalue weighted by molar-refractivity contribution is -0.384. The van der Waals surface area contributed by atoms with E-state index >= 15 is 0 Å². The lowest BCUT2D eigenvalue weighted by Gasteiger charge is -2.36. The van der Waals surface area contributed by atoms with Crippen molar-refractivity contribution in [2.45, 2.75) is 6.54 Å². The van der Waals surface area contributed by atoms with Crippen LogP contribution in [0.1, 0.15) is 5.56 Å². The molecule has 0 aromatic heterocycles. The first-order valence-corrected chi connectivity index (χ1v) is 8.00. The summed E-state index contributed by atoms with van der Waals surface area (Å²) in [6.07, 6.45) is 0. The molecule has 2 aromatic carbocycles. The summed E-state index contributed by atoms with van der Waals surface area (Å²) in [7, 11) is 1.68. The van der Waals surface area contributed by atoms with Crippen molar-refractivity contribution in [3.63, 3.8) is 0 Å². The quantitative estimate of drug-likeness (QED) is 0.624. The number of nitrogens with zero attached hydrogens (tertiary/aromatic N) is 3. The topological polar surface area (TPSA) is 58.8 Å². The van der Waals surface area contributed by atoms with Gasteiger partial charge in [-0.1, -0.05) is 12.1 Å². The van der Waals surface area contributed by atoms with Gasteiger partial charge in [0.05, 0.1) is 12.0 Å². The third kappa shape index (κ3) is 3.83. The Kier molecular flexibility index (Phi) is 4.96. The van der Waals surface area contributed by atoms with Gasteiger partial charge in [-0.2, -0.15) is 0 Å². The highest BCUT2D eigenvalue weighted by molar-refractivity contribution is 5.51.